The molecule has 1 N–H and O–H groups in total. The van der Waals surface area contributed by atoms with E-state index in [0.717, 1.165) is 18.4 Å². The maximum absolute atomic E-state index is 12.0. The normalized spacial score (nSPS) is 12.2. The summed E-state index contributed by atoms with van der Waals surface area (Å²) in [5.41, 5.74) is -2.26. The number of nitro groups is 2. The quantitative estimate of drug-likeness (QED) is 0.628. The number of nitrogens with one attached hydrogen (secondary N) is 1. The fraction of sp³-hybridized carbons (Fsp3) is 0.385. The van der Waals surface area contributed by atoms with Crippen molar-refractivity contribution < 1.29 is 18.3 Å². The van der Waals surface area contributed by atoms with Crippen LogP contribution in [0.5, 0.6) is 0 Å². The highest BCUT2D eigenvalue weighted by Crippen LogP contribution is 2.32. The number of aromatic nitrogens is 2. The van der Waals surface area contributed by atoms with Gasteiger partial charge in [0.25, 0.3) is 0 Å². The lowest BCUT2D eigenvalue weighted by Crippen LogP contribution is -2.28. The van der Waals surface area contributed by atoms with Crippen molar-refractivity contribution >= 4 is 38.1 Å². The van der Waals surface area contributed by atoms with E-state index in [-0.39, 0.29) is 16.9 Å². The summed E-state index contributed by atoms with van der Waals surface area (Å²) in [4.78, 5) is 28.3. The maximum Gasteiger partial charge on any atom is 0.348 e. The molecule has 0 fully saturated rings. The lowest BCUT2D eigenvalue weighted by Gasteiger charge is -2.22. The van der Waals surface area contributed by atoms with Gasteiger partial charge in [0, 0.05) is 11.8 Å². The average Bonchev–Trinajstić information content (AvgIpc) is 2.42. The van der Waals surface area contributed by atoms with Crippen LogP contribution in [0.2, 0.25) is 0 Å². The lowest BCUT2D eigenvalue weighted by atomic mass is 10.1. The Kier molecular flexibility index (Phi) is 4.34. The summed E-state index contributed by atoms with van der Waals surface area (Å²) in [6, 6.07) is 1.75. The smallest absolute Gasteiger partial charge is 0.348 e. The molecule has 0 bridgehead atoms. The molecule has 2 rings (SSSR count). The minimum atomic E-state index is -3.80. The summed E-state index contributed by atoms with van der Waals surface area (Å²) in [6.45, 7) is 5.30. The molecular formula is C13H15N5O6S. The van der Waals surface area contributed by atoms with Crippen LogP contribution in [0.25, 0.3) is 11.0 Å². The van der Waals surface area contributed by atoms with Crippen LogP contribution in [-0.2, 0) is 9.84 Å². The predicted octanol–water partition coefficient (Wildman–Crippen LogP) is 2.06. The molecule has 1 aromatic carbocycles. The zero-order valence-corrected chi connectivity index (χ0v) is 14.6. The summed E-state index contributed by atoms with van der Waals surface area (Å²) >= 11 is 0. The van der Waals surface area contributed by atoms with E-state index < -0.39 is 41.6 Å². The minimum Gasteiger partial charge on any atom is -0.363 e. The van der Waals surface area contributed by atoms with Crippen LogP contribution in [0, 0.1) is 20.2 Å². The summed E-state index contributed by atoms with van der Waals surface area (Å²) in [6.07, 6.45) is 0.927. The lowest BCUT2D eigenvalue weighted by molar-refractivity contribution is -0.422. The fourth-order valence-corrected chi connectivity index (χ4v) is 2.76. The zero-order valence-electron chi connectivity index (χ0n) is 13.8. The molecule has 0 unspecified atom stereocenters. The van der Waals surface area contributed by atoms with E-state index in [1.807, 2.05) is 0 Å². The number of fused-ring (bicyclic) bond motifs is 1. The van der Waals surface area contributed by atoms with Crippen molar-refractivity contribution in [1.29, 1.82) is 0 Å². The Labute approximate surface area is 142 Å². The fourth-order valence-electron chi connectivity index (χ4n) is 2.05. The van der Waals surface area contributed by atoms with Crippen molar-refractivity contribution in [2.75, 3.05) is 11.6 Å². The van der Waals surface area contributed by atoms with Gasteiger partial charge >= 0.3 is 11.4 Å². The van der Waals surface area contributed by atoms with Gasteiger partial charge in [0.05, 0.1) is 33.0 Å². The summed E-state index contributed by atoms with van der Waals surface area (Å²) < 4.78 is 24.0. The van der Waals surface area contributed by atoms with E-state index in [9.17, 15) is 28.6 Å². The first-order valence-electron chi connectivity index (χ1n) is 6.92. The summed E-state index contributed by atoms with van der Waals surface area (Å²) in [5.74, 6) is -0.0781. The van der Waals surface area contributed by atoms with Gasteiger partial charge in [0.2, 0.25) is 0 Å². The van der Waals surface area contributed by atoms with Crippen LogP contribution >= 0.6 is 0 Å². The molecule has 0 saturated heterocycles. The van der Waals surface area contributed by atoms with Crippen molar-refractivity contribution in [3.63, 3.8) is 0 Å². The van der Waals surface area contributed by atoms with Crippen LogP contribution in [0.4, 0.5) is 17.2 Å². The molecule has 1 heterocycles. The number of anilines is 1. The molecular weight excluding hydrogens is 354 g/mol. The van der Waals surface area contributed by atoms with Gasteiger partial charge in [-0.1, -0.05) is 0 Å². The largest absolute Gasteiger partial charge is 0.363 e. The number of rotatable bonds is 4. The topological polar surface area (TPSA) is 158 Å². The van der Waals surface area contributed by atoms with E-state index in [2.05, 4.69) is 15.3 Å². The van der Waals surface area contributed by atoms with Crippen molar-refractivity contribution in [3.05, 3.63) is 32.4 Å². The van der Waals surface area contributed by atoms with Crippen LogP contribution in [0.1, 0.15) is 20.8 Å². The standard InChI is InChI=1S/C13H15N5O6S/c1-13(2,3)16-11-12(25(4,23)24)15-8-6-10(18(21)22)9(17(19)20)5-7(8)14-11/h5-6H,1-4H3,(H,14,16). The second-order valence-corrected chi connectivity index (χ2v) is 8.30. The Morgan fingerprint density at radius 2 is 1.44 bits per heavy atom. The second-order valence-electron chi connectivity index (χ2n) is 6.37. The second kappa shape index (κ2) is 5.88. The average molecular weight is 369 g/mol. The molecule has 25 heavy (non-hydrogen) atoms. The molecule has 2 aromatic rings. The highest BCUT2D eigenvalue weighted by atomic mass is 32.2. The Hall–Kier alpha value is -2.89. The van der Waals surface area contributed by atoms with Gasteiger partial charge in [-0.15, -0.1) is 0 Å². The molecule has 0 aliphatic heterocycles. The molecule has 0 atom stereocenters. The Morgan fingerprint density at radius 1 is 1.00 bits per heavy atom. The number of benzene rings is 1. The van der Waals surface area contributed by atoms with Gasteiger partial charge in [-0.2, -0.15) is 0 Å². The Bertz CT molecular complexity index is 996. The molecule has 0 aliphatic carbocycles. The first kappa shape index (κ1) is 18.4. The number of sulfone groups is 1. The minimum absolute atomic E-state index is 0.0311. The third-order valence-corrected chi connectivity index (χ3v) is 3.95. The van der Waals surface area contributed by atoms with Crippen LogP contribution in [-0.4, -0.2) is 40.0 Å². The molecule has 0 saturated carbocycles. The van der Waals surface area contributed by atoms with Gasteiger partial charge in [-0.05, 0) is 20.8 Å². The van der Waals surface area contributed by atoms with Crippen molar-refractivity contribution in [3.8, 4) is 0 Å². The van der Waals surface area contributed by atoms with Crippen molar-refractivity contribution in [2.45, 2.75) is 31.3 Å². The zero-order chi connectivity index (χ0) is 19.2. The maximum atomic E-state index is 12.0. The molecule has 12 heteroatoms. The Balaban J connectivity index is 2.88. The van der Waals surface area contributed by atoms with Gasteiger partial charge in [0.1, 0.15) is 0 Å². The molecule has 11 nitrogen and oxygen atoms in total. The first-order chi connectivity index (χ1) is 11.3. The highest BCUT2D eigenvalue weighted by Gasteiger charge is 2.28. The van der Waals surface area contributed by atoms with Gasteiger partial charge in [-0.3, -0.25) is 20.2 Å². The van der Waals surface area contributed by atoms with Crippen LogP contribution in [0.15, 0.2) is 17.2 Å². The number of nitro benzene ring substituents is 2. The molecule has 0 aliphatic rings. The monoisotopic (exact) mass is 369 g/mol. The highest BCUT2D eigenvalue weighted by molar-refractivity contribution is 7.90. The van der Waals surface area contributed by atoms with E-state index in [0.29, 0.717) is 0 Å². The van der Waals surface area contributed by atoms with Crippen molar-refractivity contribution in [2.24, 2.45) is 0 Å². The summed E-state index contributed by atoms with van der Waals surface area (Å²) in [5, 5.41) is 24.6. The number of nitrogens with zero attached hydrogens (tertiary/aromatic N) is 4. The predicted molar refractivity (Wildman–Crippen MR) is 89.3 cm³/mol. The summed E-state index contributed by atoms with van der Waals surface area (Å²) in [7, 11) is -3.80. The van der Waals surface area contributed by atoms with Gasteiger partial charge < -0.3 is 5.32 Å². The van der Waals surface area contributed by atoms with Gasteiger partial charge in [0.15, 0.2) is 20.7 Å². The molecule has 0 radical (unpaired) electrons. The van der Waals surface area contributed by atoms with Crippen molar-refractivity contribution in [1.82, 2.24) is 9.97 Å². The van der Waals surface area contributed by atoms with E-state index in [1.165, 1.54) is 0 Å². The van der Waals surface area contributed by atoms with E-state index >= 15 is 0 Å². The molecule has 0 spiro atoms. The van der Waals surface area contributed by atoms with Crippen LogP contribution < -0.4 is 5.32 Å². The van der Waals surface area contributed by atoms with E-state index in [1.54, 1.807) is 20.8 Å². The molecule has 134 valence electrons. The van der Waals surface area contributed by atoms with Crippen LogP contribution in [0.3, 0.4) is 0 Å². The SMILES string of the molecule is CC(C)(C)Nc1nc2cc([N+](=O)[O-])c([N+](=O)[O-])cc2nc1S(C)(=O)=O. The Morgan fingerprint density at radius 3 is 1.80 bits per heavy atom. The first-order valence-corrected chi connectivity index (χ1v) is 8.81. The number of hydrogen-bond donors (Lipinski definition) is 1. The third kappa shape index (κ3) is 3.96. The van der Waals surface area contributed by atoms with Gasteiger partial charge in [-0.25, -0.2) is 18.4 Å². The third-order valence-electron chi connectivity index (χ3n) is 2.97. The molecule has 0 amide bonds. The molecule has 1 aromatic heterocycles. The number of hydrogen-bond acceptors (Lipinski definition) is 9. The van der Waals surface area contributed by atoms with E-state index in [4.69, 9.17) is 0 Å².